The van der Waals surface area contributed by atoms with Crippen LogP contribution in [0.4, 0.5) is 0 Å². The monoisotopic (exact) mass is 367 g/mol. The molecule has 0 aliphatic carbocycles. The number of carbonyl (C=O) groups is 1. The Hall–Kier alpha value is -2.54. The molecule has 1 N–H and O–H groups in total. The van der Waals surface area contributed by atoms with Gasteiger partial charge in [-0.25, -0.2) is 4.98 Å². The maximum atomic E-state index is 12.8. The lowest BCUT2D eigenvalue weighted by atomic mass is 10.1. The van der Waals surface area contributed by atoms with Gasteiger partial charge in [0.05, 0.1) is 11.7 Å². The van der Waals surface area contributed by atoms with Crippen molar-refractivity contribution in [1.82, 2.24) is 25.1 Å². The zero-order valence-electron chi connectivity index (χ0n) is 14.9. The fourth-order valence-electron chi connectivity index (χ4n) is 3.29. The Morgan fingerprint density at radius 2 is 2.04 bits per heavy atom. The van der Waals surface area contributed by atoms with Gasteiger partial charge in [-0.3, -0.25) is 4.79 Å². The largest absolute Gasteiger partial charge is 0.342 e. The number of fused-ring (bicyclic) bond motifs is 1. The van der Waals surface area contributed by atoms with Gasteiger partial charge >= 0.3 is 0 Å². The van der Waals surface area contributed by atoms with Crippen LogP contribution in [0.5, 0.6) is 0 Å². The summed E-state index contributed by atoms with van der Waals surface area (Å²) in [6, 6.07) is 9.74. The van der Waals surface area contributed by atoms with E-state index >= 15 is 0 Å². The van der Waals surface area contributed by atoms with E-state index in [9.17, 15) is 4.79 Å². The quantitative estimate of drug-likeness (QED) is 0.765. The number of rotatable bonds is 4. The van der Waals surface area contributed by atoms with Crippen LogP contribution in [0.3, 0.4) is 0 Å². The molecule has 6 nitrogen and oxygen atoms in total. The minimum Gasteiger partial charge on any atom is -0.342 e. The fraction of sp³-hybridized carbons (Fsp3) is 0.368. The van der Waals surface area contributed by atoms with Crippen LogP contribution in [-0.2, 0) is 13.0 Å². The topological polar surface area (TPSA) is 72.7 Å². The molecule has 1 unspecified atom stereocenters. The van der Waals surface area contributed by atoms with Gasteiger partial charge in [0.25, 0.3) is 5.91 Å². The number of hydrogen-bond acceptors (Lipinski definition) is 5. The smallest absolute Gasteiger partial charge is 0.263 e. The Kier molecular flexibility index (Phi) is 4.55. The Morgan fingerprint density at radius 3 is 2.85 bits per heavy atom. The molecule has 7 heteroatoms. The lowest BCUT2D eigenvalue weighted by molar-refractivity contribution is 0.0940. The van der Waals surface area contributed by atoms with Crippen molar-refractivity contribution in [3.8, 4) is 10.6 Å². The number of carbonyl (C=O) groups excluding carboxylic acids is 1. The molecule has 134 valence electrons. The average molecular weight is 367 g/mol. The molecule has 1 aliphatic rings. The molecule has 26 heavy (non-hydrogen) atoms. The molecule has 1 aromatic carbocycles. The van der Waals surface area contributed by atoms with Crippen LogP contribution in [0.2, 0.25) is 0 Å². The second-order valence-corrected chi connectivity index (χ2v) is 7.58. The first-order chi connectivity index (χ1) is 12.6. The number of nitrogens with zero attached hydrogens (tertiary/aromatic N) is 4. The van der Waals surface area contributed by atoms with E-state index in [1.807, 2.05) is 44.2 Å². The Bertz CT molecular complexity index is 931. The summed E-state index contributed by atoms with van der Waals surface area (Å²) >= 11 is 1.42. The first-order valence-corrected chi connectivity index (χ1v) is 9.71. The third kappa shape index (κ3) is 3.14. The summed E-state index contributed by atoms with van der Waals surface area (Å²) in [6.07, 6.45) is 3.25. The van der Waals surface area contributed by atoms with E-state index in [4.69, 9.17) is 0 Å². The van der Waals surface area contributed by atoms with E-state index in [-0.39, 0.29) is 11.9 Å². The van der Waals surface area contributed by atoms with Crippen molar-refractivity contribution in [3.63, 3.8) is 0 Å². The summed E-state index contributed by atoms with van der Waals surface area (Å²) in [5, 5.41) is 12.5. The molecular formula is C19H21N5OS. The van der Waals surface area contributed by atoms with Crippen molar-refractivity contribution < 1.29 is 4.79 Å². The second-order valence-electron chi connectivity index (χ2n) is 6.58. The molecule has 3 aromatic rings. The highest BCUT2D eigenvalue weighted by molar-refractivity contribution is 7.17. The highest BCUT2D eigenvalue weighted by Gasteiger charge is 2.23. The summed E-state index contributed by atoms with van der Waals surface area (Å²) < 4.78 is 2.14. The van der Waals surface area contributed by atoms with Crippen molar-refractivity contribution in [2.24, 2.45) is 0 Å². The summed E-state index contributed by atoms with van der Waals surface area (Å²) in [6.45, 7) is 4.76. The van der Waals surface area contributed by atoms with E-state index < -0.39 is 0 Å². The van der Waals surface area contributed by atoms with Crippen molar-refractivity contribution in [3.05, 3.63) is 52.6 Å². The molecule has 0 radical (unpaired) electrons. The standard InChI is InChI=1S/C19H21N5OS/c1-12-16(26-19(21-12)14-8-4-3-5-9-14)18(25)20-13(2)17-23-22-15-10-6-7-11-24(15)17/h3-5,8-9,13H,6-7,10-11H2,1-2H3,(H,20,25). The van der Waals surface area contributed by atoms with Gasteiger partial charge < -0.3 is 9.88 Å². The summed E-state index contributed by atoms with van der Waals surface area (Å²) in [7, 11) is 0. The number of thiazole rings is 1. The van der Waals surface area contributed by atoms with Gasteiger partial charge in [0.1, 0.15) is 15.7 Å². The Labute approximate surface area is 156 Å². The molecule has 0 bridgehead atoms. The van der Waals surface area contributed by atoms with Gasteiger partial charge in [0.2, 0.25) is 0 Å². The van der Waals surface area contributed by atoms with Crippen LogP contribution in [-0.4, -0.2) is 25.7 Å². The molecule has 1 amide bonds. The van der Waals surface area contributed by atoms with E-state index in [1.54, 1.807) is 0 Å². The maximum absolute atomic E-state index is 12.8. The SMILES string of the molecule is Cc1nc(-c2ccccc2)sc1C(=O)NC(C)c1nnc2n1CCCC2. The molecule has 0 saturated carbocycles. The first kappa shape index (κ1) is 16.9. The highest BCUT2D eigenvalue weighted by Crippen LogP contribution is 2.28. The molecule has 0 fully saturated rings. The molecule has 3 heterocycles. The van der Waals surface area contributed by atoms with Gasteiger partial charge in [-0.05, 0) is 26.7 Å². The third-order valence-electron chi connectivity index (χ3n) is 4.65. The Balaban J connectivity index is 1.53. The molecule has 1 atom stereocenters. The van der Waals surface area contributed by atoms with Crippen LogP contribution in [0, 0.1) is 6.92 Å². The third-order valence-corrected chi connectivity index (χ3v) is 5.85. The number of hydrogen-bond donors (Lipinski definition) is 1. The molecule has 1 aliphatic heterocycles. The molecule has 0 spiro atoms. The van der Waals surface area contributed by atoms with Crippen molar-refractivity contribution in [1.29, 1.82) is 0 Å². The zero-order chi connectivity index (χ0) is 18.1. The number of aryl methyl sites for hydroxylation is 2. The van der Waals surface area contributed by atoms with Crippen LogP contribution < -0.4 is 5.32 Å². The molecule has 4 rings (SSSR count). The van der Waals surface area contributed by atoms with Gasteiger partial charge in [0, 0.05) is 18.5 Å². The fourth-order valence-corrected chi connectivity index (χ4v) is 4.26. The van der Waals surface area contributed by atoms with Crippen LogP contribution in [0.1, 0.15) is 52.8 Å². The summed E-state index contributed by atoms with van der Waals surface area (Å²) in [5.41, 5.74) is 1.78. The van der Waals surface area contributed by atoms with E-state index in [2.05, 4.69) is 25.1 Å². The van der Waals surface area contributed by atoms with Crippen LogP contribution in [0.25, 0.3) is 10.6 Å². The predicted molar refractivity (Wildman–Crippen MR) is 101 cm³/mol. The van der Waals surface area contributed by atoms with Gasteiger partial charge in [0.15, 0.2) is 5.82 Å². The lowest BCUT2D eigenvalue weighted by Gasteiger charge is -2.18. The van der Waals surface area contributed by atoms with Gasteiger partial charge in [-0.2, -0.15) is 0 Å². The van der Waals surface area contributed by atoms with Crippen molar-refractivity contribution in [2.75, 3.05) is 0 Å². The Morgan fingerprint density at radius 1 is 1.23 bits per heavy atom. The zero-order valence-corrected chi connectivity index (χ0v) is 15.7. The normalized spacial score (nSPS) is 14.7. The maximum Gasteiger partial charge on any atom is 0.263 e. The van der Waals surface area contributed by atoms with Gasteiger partial charge in [-0.15, -0.1) is 21.5 Å². The minimum absolute atomic E-state index is 0.108. The van der Waals surface area contributed by atoms with E-state index in [0.717, 1.165) is 53.7 Å². The highest BCUT2D eigenvalue weighted by atomic mass is 32.1. The lowest BCUT2D eigenvalue weighted by Crippen LogP contribution is -2.29. The summed E-state index contributed by atoms with van der Waals surface area (Å²) in [5.74, 6) is 1.74. The van der Waals surface area contributed by atoms with E-state index in [0.29, 0.717) is 4.88 Å². The van der Waals surface area contributed by atoms with Crippen molar-refractivity contribution in [2.45, 2.75) is 45.7 Å². The molecular weight excluding hydrogens is 346 g/mol. The minimum atomic E-state index is -0.191. The number of amides is 1. The predicted octanol–water partition coefficient (Wildman–Crippen LogP) is 3.54. The van der Waals surface area contributed by atoms with Gasteiger partial charge in [-0.1, -0.05) is 30.3 Å². The van der Waals surface area contributed by atoms with Crippen molar-refractivity contribution >= 4 is 17.2 Å². The van der Waals surface area contributed by atoms with Crippen LogP contribution in [0.15, 0.2) is 30.3 Å². The average Bonchev–Trinajstić information content (AvgIpc) is 3.26. The second kappa shape index (κ2) is 6.99. The van der Waals surface area contributed by atoms with E-state index in [1.165, 1.54) is 11.3 Å². The van der Waals surface area contributed by atoms with Crippen LogP contribution >= 0.6 is 11.3 Å². The number of benzene rings is 1. The molecule has 2 aromatic heterocycles. The first-order valence-electron chi connectivity index (χ1n) is 8.89. The molecule has 0 saturated heterocycles. The number of aromatic nitrogens is 4. The summed E-state index contributed by atoms with van der Waals surface area (Å²) in [4.78, 5) is 18.0. The number of nitrogens with one attached hydrogen (secondary N) is 1.